The van der Waals surface area contributed by atoms with E-state index in [-0.39, 0.29) is 5.69 Å². The topological polar surface area (TPSA) is 29.1 Å². The molecule has 130 valence electrons. The minimum absolute atomic E-state index is 0.222. The van der Waals surface area contributed by atoms with Crippen molar-refractivity contribution in [3.05, 3.63) is 64.5 Å². The van der Waals surface area contributed by atoms with E-state index in [0.717, 1.165) is 28.1 Å². The summed E-state index contributed by atoms with van der Waals surface area (Å²) in [6.45, 7) is 2.01. The Morgan fingerprint density at radius 3 is 2.48 bits per heavy atom. The molecule has 0 bridgehead atoms. The first-order chi connectivity index (χ1) is 11.9. The van der Waals surface area contributed by atoms with Crippen molar-refractivity contribution in [2.75, 3.05) is 5.32 Å². The lowest BCUT2D eigenvalue weighted by Crippen LogP contribution is -2.16. The van der Waals surface area contributed by atoms with Gasteiger partial charge in [0.2, 0.25) is 0 Å². The highest BCUT2D eigenvalue weighted by molar-refractivity contribution is 7.21. The summed E-state index contributed by atoms with van der Waals surface area (Å²) in [6.07, 6.45) is -2.97. The van der Waals surface area contributed by atoms with Gasteiger partial charge < -0.3 is 5.32 Å². The van der Waals surface area contributed by atoms with Crippen molar-refractivity contribution in [3.63, 3.8) is 0 Å². The molecule has 0 spiro atoms. The molecule has 6 heteroatoms. The monoisotopic (exact) mass is 363 g/mol. The zero-order valence-corrected chi connectivity index (χ0v) is 14.3. The number of para-hydroxylation sites is 1. The first-order valence-electron chi connectivity index (χ1n) is 7.89. The lowest BCUT2D eigenvalue weighted by atomic mass is 10.1. The summed E-state index contributed by atoms with van der Waals surface area (Å²) in [5.41, 5.74) is -0.175. The van der Waals surface area contributed by atoms with Crippen molar-refractivity contribution in [3.8, 4) is 0 Å². The zero-order valence-electron chi connectivity index (χ0n) is 13.5. The van der Waals surface area contributed by atoms with E-state index in [1.807, 2.05) is 31.2 Å². The molecule has 2 aromatic carbocycles. The average molecular weight is 363 g/mol. The van der Waals surface area contributed by atoms with Crippen LogP contribution in [0.25, 0.3) is 10.1 Å². The molecule has 0 aliphatic carbocycles. The van der Waals surface area contributed by atoms with Gasteiger partial charge in [0.05, 0.1) is 16.1 Å². The van der Waals surface area contributed by atoms with Crippen molar-refractivity contribution in [2.45, 2.75) is 25.9 Å². The van der Waals surface area contributed by atoms with Gasteiger partial charge in [0.1, 0.15) is 0 Å². The van der Waals surface area contributed by atoms with Crippen LogP contribution in [-0.4, -0.2) is 5.91 Å². The molecule has 1 heterocycles. The van der Waals surface area contributed by atoms with Crippen LogP contribution in [0.15, 0.2) is 48.5 Å². The summed E-state index contributed by atoms with van der Waals surface area (Å²) in [6, 6.07) is 12.7. The smallest absolute Gasteiger partial charge is 0.321 e. The SMILES string of the molecule is CCCc1c(C(=O)Nc2ccccc2C(F)(F)F)sc2ccccc12. The van der Waals surface area contributed by atoms with Crippen molar-refractivity contribution >= 4 is 33.0 Å². The number of anilines is 1. The van der Waals surface area contributed by atoms with Crippen LogP contribution in [0.5, 0.6) is 0 Å². The Morgan fingerprint density at radius 2 is 1.76 bits per heavy atom. The van der Waals surface area contributed by atoms with E-state index >= 15 is 0 Å². The van der Waals surface area contributed by atoms with E-state index in [4.69, 9.17) is 0 Å². The van der Waals surface area contributed by atoms with Gasteiger partial charge in [-0.15, -0.1) is 11.3 Å². The first-order valence-corrected chi connectivity index (χ1v) is 8.71. The largest absolute Gasteiger partial charge is 0.418 e. The fourth-order valence-electron chi connectivity index (χ4n) is 2.80. The molecule has 0 saturated carbocycles. The molecule has 1 N–H and O–H groups in total. The first kappa shape index (κ1) is 17.5. The molecule has 2 nitrogen and oxygen atoms in total. The molecule has 0 unspecified atom stereocenters. The summed E-state index contributed by atoms with van der Waals surface area (Å²) in [5.74, 6) is -0.499. The van der Waals surface area contributed by atoms with Crippen LogP contribution >= 0.6 is 11.3 Å². The molecule has 0 radical (unpaired) electrons. The van der Waals surface area contributed by atoms with Gasteiger partial charge in [-0.05, 0) is 35.6 Å². The van der Waals surface area contributed by atoms with Gasteiger partial charge in [-0.1, -0.05) is 43.7 Å². The highest BCUT2D eigenvalue weighted by Gasteiger charge is 2.33. The molecule has 0 saturated heterocycles. The zero-order chi connectivity index (χ0) is 18.0. The Bertz CT molecular complexity index is 914. The van der Waals surface area contributed by atoms with E-state index in [9.17, 15) is 18.0 Å². The number of thiophene rings is 1. The quantitative estimate of drug-likeness (QED) is 0.594. The van der Waals surface area contributed by atoms with Crippen LogP contribution in [0.4, 0.5) is 18.9 Å². The second-order valence-electron chi connectivity index (χ2n) is 5.65. The Balaban J connectivity index is 2.00. The standard InChI is InChI=1S/C19H16F3NOS/c1-2-7-13-12-8-3-6-11-16(12)25-17(13)18(24)23-15-10-5-4-9-14(15)19(20,21)22/h3-6,8-11H,2,7H2,1H3,(H,23,24). The Labute approximate surface area is 147 Å². The average Bonchev–Trinajstić information content (AvgIpc) is 2.94. The number of aryl methyl sites for hydroxylation is 1. The van der Waals surface area contributed by atoms with Crippen LogP contribution in [0.3, 0.4) is 0 Å². The molecule has 3 aromatic rings. The molecule has 1 amide bonds. The Kier molecular flexibility index (Phi) is 4.81. The van der Waals surface area contributed by atoms with Crippen molar-refractivity contribution in [1.29, 1.82) is 0 Å². The van der Waals surface area contributed by atoms with Crippen LogP contribution in [0.2, 0.25) is 0 Å². The number of hydrogen-bond acceptors (Lipinski definition) is 2. The lowest BCUT2D eigenvalue weighted by molar-refractivity contribution is -0.136. The second kappa shape index (κ2) is 6.88. The maximum absolute atomic E-state index is 13.1. The molecule has 0 aliphatic rings. The van der Waals surface area contributed by atoms with E-state index in [1.165, 1.54) is 29.5 Å². The highest BCUT2D eigenvalue weighted by atomic mass is 32.1. The number of rotatable bonds is 4. The van der Waals surface area contributed by atoms with E-state index < -0.39 is 17.6 Å². The van der Waals surface area contributed by atoms with E-state index in [2.05, 4.69) is 5.32 Å². The fourth-order valence-corrected chi connectivity index (χ4v) is 3.95. The second-order valence-corrected chi connectivity index (χ2v) is 6.71. The van der Waals surface area contributed by atoms with Crippen LogP contribution in [0.1, 0.15) is 34.1 Å². The number of fused-ring (bicyclic) bond motifs is 1. The number of nitrogens with one attached hydrogen (secondary N) is 1. The highest BCUT2D eigenvalue weighted by Crippen LogP contribution is 2.36. The summed E-state index contributed by atoms with van der Waals surface area (Å²) in [5, 5.41) is 3.43. The predicted molar refractivity (Wildman–Crippen MR) is 95.2 cm³/mol. The van der Waals surface area contributed by atoms with Gasteiger partial charge in [-0.3, -0.25) is 4.79 Å². The van der Waals surface area contributed by atoms with Gasteiger partial charge in [0.25, 0.3) is 5.91 Å². The van der Waals surface area contributed by atoms with Gasteiger partial charge in [-0.2, -0.15) is 13.2 Å². The molecule has 0 atom stereocenters. The molecule has 0 fully saturated rings. The number of amides is 1. The molecule has 0 aliphatic heterocycles. The Morgan fingerprint density at radius 1 is 1.08 bits per heavy atom. The maximum atomic E-state index is 13.1. The van der Waals surface area contributed by atoms with Gasteiger partial charge >= 0.3 is 6.18 Å². The van der Waals surface area contributed by atoms with Gasteiger partial charge in [0, 0.05) is 4.70 Å². The van der Waals surface area contributed by atoms with Crippen molar-refractivity contribution in [2.24, 2.45) is 0 Å². The number of carbonyl (C=O) groups is 1. The third-order valence-corrected chi connectivity index (χ3v) is 5.10. The maximum Gasteiger partial charge on any atom is 0.418 e. The third-order valence-electron chi connectivity index (χ3n) is 3.89. The predicted octanol–water partition coefficient (Wildman–Crippen LogP) is 6.12. The van der Waals surface area contributed by atoms with Gasteiger partial charge in [-0.25, -0.2) is 0 Å². The summed E-state index contributed by atoms with van der Waals surface area (Å²) < 4.78 is 40.3. The summed E-state index contributed by atoms with van der Waals surface area (Å²) in [4.78, 5) is 13.2. The fraction of sp³-hybridized carbons (Fsp3) is 0.211. The number of hydrogen-bond donors (Lipinski definition) is 1. The molecule has 3 rings (SSSR count). The number of carbonyl (C=O) groups excluding carboxylic acids is 1. The number of benzene rings is 2. The molecule has 1 aromatic heterocycles. The van der Waals surface area contributed by atoms with Crippen LogP contribution in [-0.2, 0) is 12.6 Å². The summed E-state index contributed by atoms with van der Waals surface area (Å²) in [7, 11) is 0. The number of halogens is 3. The Hall–Kier alpha value is -2.34. The normalized spacial score (nSPS) is 11.7. The molecule has 25 heavy (non-hydrogen) atoms. The van der Waals surface area contributed by atoms with Crippen LogP contribution < -0.4 is 5.32 Å². The molecular formula is C19H16F3NOS. The van der Waals surface area contributed by atoms with Crippen molar-refractivity contribution < 1.29 is 18.0 Å². The van der Waals surface area contributed by atoms with E-state index in [0.29, 0.717) is 11.3 Å². The van der Waals surface area contributed by atoms with Gasteiger partial charge in [0.15, 0.2) is 0 Å². The third kappa shape index (κ3) is 3.54. The number of alkyl halides is 3. The molecular weight excluding hydrogens is 347 g/mol. The minimum Gasteiger partial charge on any atom is -0.321 e. The van der Waals surface area contributed by atoms with Crippen molar-refractivity contribution in [1.82, 2.24) is 0 Å². The summed E-state index contributed by atoms with van der Waals surface area (Å²) >= 11 is 1.31. The van der Waals surface area contributed by atoms with E-state index in [1.54, 1.807) is 0 Å². The van der Waals surface area contributed by atoms with Crippen LogP contribution in [0, 0.1) is 0 Å². The minimum atomic E-state index is -4.52. The lowest BCUT2D eigenvalue weighted by Gasteiger charge is -2.13.